The first-order chi connectivity index (χ1) is 11.0. The summed E-state index contributed by atoms with van der Waals surface area (Å²) in [5.74, 6) is -0.0281. The molecular formula is C18H24FN3O. The lowest BCUT2D eigenvalue weighted by atomic mass is 10.1. The minimum absolute atomic E-state index is 0.125. The Bertz CT molecular complexity index is 664. The van der Waals surface area contributed by atoms with Crippen molar-refractivity contribution in [3.63, 3.8) is 0 Å². The fourth-order valence-corrected chi connectivity index (χ4v) is 2.42. The summed E-state index contributed by atoms with van der Waals surface area (Å²) in [5, 5.41) is 7.34. The van der Waals surface area contributed by atoms with Crippen molar-refractivity contribution < 1.29 is 9.18 Å². The van der Waals surface area contributed by atoms with Gasteiger partial charge in [0.1, 0.15) is 11.5 Å². The maximum absolute atomic E-state index is 13.5. The molecule has 124 valence electrons. The maximum atomic E-state index is 13.5. The molecule has 0 radical (unpaired) electrons. The molecule has 1 heterocycles. The third kappa shape index (κ3) is 4.41. The molecule has 0 bridgehead atoms. The van der Waals surface area contributed by atoms with Gasteiger partial charge in [0.2, 0.25) is 0 Å². The van der Waals surface area contributed by atoms with Crippen LogP contribution in [-0.4, -0.2) is 22.2 Å². The van der Waals surface area contributed by atoms with E-state index in [2.05, 4.69) is 24.3 Å². The number of halogens is 1. The predicted molar refractivity (Wildman–Crippen MR) is 89.0 cm³/mol. The molecule has 0 fully saturated rings. The zero-order valence-corrected chi connectivity index (χ0v) is 14.0. The van der Waals surface area contributed by atoms with Crippen molar-refractivity contribution in [2.75, 3.05) is 6.54 Å². The van der Waals surface area contributed by atoms with Crippen LogP contribution in [0.2, 0.25) is 0 Å². The molecule has 0 aliphatic heterocycles. The quantitative estimate of drug-likeness (QED) is 0.794. The third-order valence-electron chi connectivity index (χ3n) is 3.79. The lowest BCUT2D eigenvalue weighted by Gasteiger charge is -2.07. The molecule has 0 atom stereocenters. The Kier molecular flexibility index (Phi) is 5.90. The molecule has 4 nitrogen and oxygen atoms in total. The molecule has 23 heavy (non-hydrogen) atoms. The van der Waals surface area contributed by atoms with Crippen molar-refractivity contribution >= 4 is 5.91 Å². The molecule has 0 saturated heterocycles. The number of aromatic nitrogens is 2. The summed E-state index contributed by atoms with van der Waals surface area (Å²) in [4.78, 5) is 12.3. The van der Waals surface area contributed by atoms with Gasteiger partial charge in [-0.1, -0.05) is 32.0 Å². The van der Waals surface area contributed by atoms with Crippen LogP contribution in [0.3, 0.4) is 0 Å². The lowest BCUT2D eigenvalue weighted by Crippen LogP contribution is -2.27. The van der Waals surface area contributed by atoms with Crippen molar-refractivity contribution in [2.45, 2.75) is 46.1 Å². The van der Waals surface area contributed by atoms with Crippen LogP contribution in [0, 0.1) is 5.82 Å². The number of nitrogens with zero attached hydrogens (tertiary/aromatic N) is 2. The monoisotopic (exact) mass is 317 g/mol. The first-order valence-electron chi connectivity index (χ1n) is 8.12. The van der Waals surface area contributed by atoms with Crippen LogP contribution in [0.25, 0.3) is 0 Å². The van der Waals surface area contributed by atoms with Crippen LogP contribution in [-0.2, 0) is 13.0 Å². The first-order valence-corrected chi connectivity index (χ1v) is 8.12. The van der Waals surface area contributed by atoms with Crippen LogP contribution < -0.4 is 5.32 Å². The van der Waals surface area contributed by atoms with Gasteiger partial charge in [-0.2, -0.15) is 5.10 Å². The van der Waals surface area contributed by atoms with Crippen LogP contribution in [0.15, 0.2) is 30.3 Å². The van der Waals surface area contributed by atoms with Gasteiger partial charge < -0.3 is 5.32 Å². The highest BCUT2D eigenvalue weighted by molar-refractivity contribution is 5.92. The fraction of sp³-hybridized carbons (Fsp3) is 0.444. The minimum atomic E-state index is -0.190. The Labute approximate surface area is 136 Å². The van der Waals surface area contributed by atoms with E-state index in [4.69, 9.17) is 0 Å². The molecule has 0 saturated carbocycles. The van der Waals surface area contributed by atoms with Crippen LogP contribution in [0.4, 0.5) is 4.39 Å². The number of carbonyl (C=O) groups excluding carboxylic acids is 1. The smallest absolute Gasteiger partial charge is 0.269 e. The molecule has 1 amide bonds. The van der Waals surface area contributed by atoms with Gasteiger partial charge in [0, 0.05) is 13.1 Å². The molecule has 0 unspecified atom stereocenters. The summed E-state index contributed by atoms with van der Waals surface area (Å²) in [6.45, 7) is 7.24. The average Bonchev–Trinajstić information content (AvgIpc) is 2.97. The molecule has 1 aromatic heterocycles. The van der Waals surface area contributed by atoms with Gasteiger partial charge in [0.15, 0.2) is 0 Å². The molecule has 1 N–H and O–H groups in total. The Balaban J connectivity index is 1.89. The number of rotatable bonds is 7. The van der Waals surface area contributed by atoms with Gasteiger partial charge in [-0.05, 0) is 43.4 Å². The van der Waals surface area contributed by atoms with Crippen molar-refractivity contribution in [3.8, 4) is 0 Å². The van der Waals surface area contributed by atoms with E-state index in [1.54, 1.807) is 16.8 Å². The molecule has 2 rings (SSSR count). The minimum Gasteiger partial charge on any atom is -0.351 e. The number of benzene rings is 1. The number of hydrogen-bond donors (Lipinski definition) is 1. The molecule has 0 spiro atoms. The van der Waals surface area contributed by atoms with E-state index in [9.17, 15) is 9.18 Å². The van der Waals surface area contributed by atoms with E-state index in [0.717, 1.165) is 5.69 Å². The third-order valence-corrected chi connectivity index (χ3v) is 3.79. The highest BCUT2D eigenvalue weighted by atomic mass is 19.1. The molecule has 0 aliphatic rings. The van der Waals surface area contributed by atoms with Gasteiger partial charge in [-0.15, -0.1) is 0 Å². The van der Waals surface area contributed by atoms with Crippen LogP contribution in [0.1, 0.15) is 54.9 Å². The van der Waals surface area contributed by atoms with E-state index in [1.165, 1.54) is 6.07 Å². The average molecular weight is 317 g/mol. The SMILES string of the molecule is CCn1nc(C(C)C)cc1C(=O)NCCCc1ccccc1F. The van der Waals surface area contributed by atoms with Crippen molar-refractivity contribution in [1.82, 2.24) is 15.1 Å². The van der Waals surface area contributed by atoms with E-state index in [1.807, 2.05) is 19.1 Å². The van der Waals surface area contributed by atoms with Crippen LogP contribution in [0.5, 0.6) is 0 Å². The Morgan fingerprint density at radius 3 is 2.74 bits per heavy atom. The van der Waals surface area contributed by atoms with Gasteiger partial charge in [-0.3, -0.25) is 9.48 Å². The van der Waals surface area contributed by atoms with Crippen LogP contribution >= 0.6 is 0 Å². The summed E-state index contributed by atoms with van der Waals surface area (Å²) in [6, 6.07) is 8.59. The van der Waals surface area contributed by atoms with Gasteiger partial charge in [0.05, 0.1) is 5.69 Å². The van der Waals surface area contributed by atoms with Crippen molar-refractivity contribution in [3.05, 3.63) is 53.1 Å². The number of carbonyl (C=O) groups is 1. The molecule has 5 heteroatoms. The van der Waals surface area contributed by atoms with Gasteiger partial charge >= 0.3 is 0 Å². The Morgan fingerprint density at radius 1 is 1.35 bits per heavy atom. The first kappa shape index (κ1) is 17.2. The van der Waals surface area contributed by atoms with E-state index >= 15 is 0 Å². The largest absolute Gasteiger partial charge is 0.351 e. The molecule has 0 aliphatic carbocycles. The molecular weight excluding hydrogens is 293 g/mol. The maximum Gasteiger partial charge on any atom is 0.269 e. The number of aryl methyl sites for hydroxylation is 2. The highest BCUT2D eigenvalue weighted by Gasteiger charge is 2.15. The summed E-state index contributed by atoms with van der Waals surface area (Å²) < 4.78 is 15.2. The summed E-state index contributed by atoms with van der Waals surface area (Å²) >= 11 is 0. The highest BCUT2D eigenvalue weighted by Crippen LogP contribution is 2.14. The van der Waals surface area contributed by atoms with E-state index in [0.29, 0.717) is 37.2 Å². The second-order valence-electron chi connectivity index (χ2n) is 5.88. The lowest BCUT2D eigenvalue weighted by molar-refractivity contribution is 0.0942. The number of amides is 1. The normalized spacial score (nSPS) is 11.0. The summed E-state index contributed by atoms with van der Waals surface area (Å²) in [7, 11) is 0. The number of nitrogens with one attached hydrogen (secondary N) is 1. The summed E-state index contributed by atoms with van der Waals surface area (Å²) in [6.07, 6.45) is 1.31. The van der Waals surface area contributed by atoms with Crippen molar-refractivity contribution in [2.24, 2.45) is 0 Å². The molecule has 2 aromatic rings. The molecule has 1 aromatic carbocycles. The van der Waals surface area contributed by atoms with Crippen molar-refractivity contribution in [1.29, 1.82) is 0 Å². The zero-order valence-electron chi connectivity index (χ0n) is 14.0. The predicted octanol–water partition coefficient (Wildman–Crippen LogP) is 3.53. The Hall–Kier alpha value is -2.17. The van der Waals surface area contributed by atoms with Gasteiger partial charge in [0.25, 0.3) is 5.91 Å². The zero-order chi connectivity index (χ0) is 16.8. The second-order valence-corrected chi connectivity index (χ2v) is 5.88. The fourth-order valence-electron chi connectivity index (χ4n) is 2.42. The summed E-state index contributed by atoms with van der Waals surface area (Å²) in [5.41, 5.74) is 2.19. The number of hydrogen-bond acceptors (Lipinski definition) is 2. The standard InChI is InChI=1S/C18H24FN3O/c1-4-22-17(12-16(21-22)13(2)3)18(23)20-11-7-9-14-8-5-6-10-15(14)19/h5-6,8,10,12-13H,4,7,9,11H2,1-3H3,(H,20,23). The van der Waals surface area contributed by atoms with E-state index in [-0.39, 0.29) is 17.6 Å². The topological polar surface area (TPSA) is 46.9 Å². The van der Waals surface area contributed by atoms with Gasteiger partial charge in [-0.25, -0.2) is 4.39 Å². The van der Waals surface area contributed by atoms with E-state index < -0.39 is 0 Å². The Morgan fingerprint density at radius 2 is 2.09 bits per heavy atom. The second kappa shape index (κ2) is 7.90.